The molecule has 3 aromatic heterocycles. The molecule has 7 nitrogen and oxygen atoms in total. The summed E-state index contributed by atoms with van der Waals surface area (Å²) >= 11 is 0. The SMILES string of the molecule is Cc1cn(CCn2ccnc2-c2cc3ccccc3n(C)c2=O)nn1. The lowest BCUT2D eigenvalue weighted by molar-refractivity contribution is 0.521. The quantitative estimate of drug-likeness (QED) is 0.572. The van der Waals surface area contributed by atoms with Gasteiger partial charge in [-0.1, -0.05) is 23.4 Å². The molecule has 0 amide bonds. The first-order valence-corrected chi connectivity index (χ1v) is 8.10. The van der Waals surface area contributed by atoms with Crippen LogP contribution >= 0.6 is 0 Å². The van der Waals surface area contributed by atoms with Crippen molar-refractivity contribution in [2.75, 3.05) is 0 Å². The minimum Gasteiger partial charge on any atom is -0.329 e. The molecule has 4 aromatic rings. The van der Waals surface area contributed by atoms with E-state index in [2.05, 4.69) is 15.3 Å². The van der Waals surface area contributed by atoms with Crippen LogP contribution in [0.15, 0.2) is 53.7 Å². The van der Waals surface area contributed by atoms with Crippen molar-refractivity contribution in [3.05, 3.63) is 65.0 Å². The Bertz CT molecular complexity index is 1100. The van der Waals surface area contributed by atoms with E-state index in [4.69, 9.17) is 0 Å². The van der Waals surface area contributed by atoms with Crippen LogP contribution in [0.1, 0.15) is 5.69 Å². The highest BCUT2D eigenvalue weighted by molar-refractivity contribution is 5.83. The molecule has 4 rings (SSSR count). The van der Waals surface area contributed by atoms with Crippen molar-refractivity contribution in [1.29, 1.82) is 0 Å². The Kier molecular flexibility index (Phi) is 3.68. The van der Waals surface area contributed by atoms with Gasteiger partial charge in [-0.15, -0.1) is 5.10 Å². The fourth-order valence-corrected chi connectivity index (χ4v) is 3.03. The van der Waals surface area contributed by atoms with Gasteiger partial charge in [0.15, 0.2) is 0 Å². The van der Waals surface area contributed by atoms with Gasteiger partial charge in [0.05, 0.1) is 23.3 Å². The lowest BCUT2D eigenvalue weighted by atomic mass is 10.1. The molecule has 0 radical (unpaired) electrons. The number of benzene rings is 1. The minimum atomic E-state index is -0.0530. The highest BCUT2D eigenvalue weighted by Crippen LogP contribution is 2.19. The predicted molar refractivity (Wildman–Crippen MR) is 95.2 cm³/mol. The number of aryl methyl sites for hydroxylation is 4. The van der Waals surface area contributed by atoms with Gasteiger partial charge in [-0.05, 0) is 24.4 Å². The fourth-order valence-electron chi connectivity index (χ4n) is 3.03. The van der Waals surface area contributed by atoms with E-state index in [1.807, 2.05) is 54.2 Å². The third kappa shape index (κ3) is 2.73. The lowest BCUT2D eigenvalue weighted by Crippen LogP contribution is -2.20. The molecule has 25 heavy (non-hydrogen) atoms. The van der Waals surface area contributed by atoms with Gasteiger partial charge >= 0.3 is 0 Å². The maximum atomic E-state index is 12.8. The maximum Gasteiger partial charge on any atom is 0.261 e. The predicted octanol–water partition coefficient (Wildman–Crippen LogP) is 2.00. The molecular formula is C18H18N6O. The van der Waals surface area contributed by atoms with E-state index in [1.54, 1.807) is 22.5 Å². The molecule has 7 heteroatoms. The molecule has 0 fully saturated rings. The number of rotatable bonds is 4. The van der Waals surface area contributed by atoms with E-state index in [0.29, 0.717) is 24.5 Å². The van der Waals surface area contributed by atoms with Crippen molar-refractivity contribution in [1.82, 2.24) is 29.1 Å². The van der Waals surface area contributed by atoms with E-state index >= 15 is 0 Å². The Balaban J connectivity index is 1.73. The minimum absolute atomic E-state index is 0.0530. The fraction of sp³-hybridized carbons (Fsp3) is 0.222. The van der Waals surface area contributed by atoms with Crippen molar-refractivity contribution < 1.29 is 0 Å². The number of hydrogen-bond donors (Lipinski definition) is 0. The van der Waals surface area contributed by atoms with E-state index < -0.39 is 0 Å². The second-order valence-electron chi connectivity index (χ2n) is 6.05. The third-order valence-corrected chi connectivity index (χ3v) is 4.31. The molecule has 0 saturated heterocycles. The molecule has 0 bridgehead atoms. The van der Waals surface area contributed by atoms with Gasteiger partial charge in [0.1, 0.15) is 5.82 Å². The van der Waals surface area contributed by atoms with Gasteiger partial charge < -0.3 is 9.13 Å². The molecule has 3 heterocycles. The summed E-state index contributed by atoms with van der Waals surface area (Å²) in [6.45, 7) is 3.23. The number of nitrogens with zero attached hydrogens (tertiary/aromatic N) is 6. The average Bonchev–Trinajstić information content (AvgIpc) is 3.25. The van der Waals surface area contributed by atoms with E-state index in [-0.39, 0.29) is 5.56 Å². The molecule has 0 aliphatic heterocycles. The zero-order valence-electron chi connectivity index (χ0n) is 14.1. The topological polar surface area (TPSA) is 70.5 Å². The van der Waals surface area contributed by atoms with Crippen LogP contribution < -0.4 is 5.56 Å². The third-order valence-electron chi connectivity index (χ3n) is 4.31. The zero-order chi connectivity index (χ0) is 17.4. The molecule has 0 aliphatic carbocycles. The molecule has 0 aliphatic rings. The summed E-state index contributed by atoms with van der Waals surface area (Å²) in [5.41, 5.74) is 2.34. The van der Waals surface area contributed by atoms with Gasteiger partial charge in [-0.2, -0.15) is 0 Å². The number of aromatic nitrogens is 6. The number of fused-ring (bicyclic) bond motifs is 1. The number of para-hydroxylation sites is 1. The van der Waals surface area contributed by atoms with Crippen LogP contribution in [-0.2, 0) is 20.1 Å². The molecule has 0 unspecified atom stereocenters. The first kappa shape index (κ1) is 15.3. The maximum absolute atomic E-state index is 12.8. The van der Waals surface area contributed by atoms with Crippen LogP contribution in [0.2, 0.25) is 0 Å². The highest BCUT2D eigenvalue weighted by atomic mass is 16.1. The molecule has 1 aromatic carbocycles. The lowest BCUT2D eigenvalue weighted by Gasteiger charge is -2.11. The van der Waals surface area contributed by atoms with Gasteiger partial charge in [0, 0.05) is 32.2 Å². The number of imidazole rings is 1. The summed E-state index contributed by atoms with van der Waals surface area (Å²) in [6.07, 6.45) is 5.50. The van der Waals surface area contributed by atoms with Crippen LogP contribution in [0.3, 0.4) is 0 Å². The Morgan fingerprint density at radius 3 is 2.80 bits per heavy atom. The van der Waals surface area contributed by atoms with Gasteiger partial charge in [0.2, 0.25) is 0 Å². The number of pyridine rings is 1. The Hall–Kier alpha value is -3.22. The largest absolute Gasteiger partial charge is 0.329 e. The van der Waals surface area contributed by atoms with E-state index in [0.717, 1.165) is 16.6 Å². The first-order chi connectivity index (χ1) is 12.1. The second kappa shape index (κ2) is 6.01. The molecule has 0 saturated carbocycles. The van der Waals surface area contributed by atoms with E-state index in [1.165, 1.54) is 0 Å². The summed E-state index contributed by atoms with van der Waals surface area (Å²) < 4.78 is 5.44. The van der Waals surface area contributed by atoms with Gasteiger partial charge in [0.25, 0.3) is 5.56 Å². The molecule has 0 spiro atoms. The van der Waals surface area contributed by atoms with E-state index in [9.17, 15) is 4.79 Å². The second-order valence-corrected chi connectivity index (χ2v) is 6.05. The first-order valence-electron chi connectivity index (χ1n) is 8.10. The molecule has 0 N–H and O–H groups in total. The molecule has 126 valence electrons. The van der Waals surface area contributed by atoms with Crippen molar-refractivity contribution in [3.8, 4) is 11.4 Å². The number of hydrogen-bond acceptors (Lipinski definition) is 4. The molecule has 0 atom stereocenters. The average molecular weight is 334 g/mol. The smallest absolute Gasteiger partial charge is 0.261 e. The van der Waals surface area contributed by atoms with Crippen LogP contribution in [-0.4, -0.2) is 29.1 Å². The zero-order valence-corrected chi connectivity index (χ0v) is 14.1. The van der Waals surface area contributed by atoms with Crippen molar-refractivity contribution in [2.45, 2.75) is 20.0 Å². The normalized spacial score (nSPS) is 11.3. The van der Waals surface area contributed by atoms with Crippen LogP contribution in [0.4, 0.5) is 0 Å². The van der Waals surface area contributed by atoms with Crippen LogP contribution in [0, 0.1) is 6.92 Å². The standard InChI is InChI=1S/C18H18N6O/c1-13-12-24(21-20-13)10-9-23-8-7-19-17(23)15-11-14-5-3-4-6-16(14)22(2)18(15)25/h3-8,11-12H,9-10H2,1-2H3. The summed E-state index contributed by atoms with van der Waals surface area (Å²) in [6, 6.07) is 9.76. The Morgan fingerprint density at radius 2 is 2.00 bits per heavy atom. The van der Waals surface area contributed by atoms with Crippen LogP contribution in [0.5, 0.6) is 0 Å². The Morgan fingerprint density at radius 1 is 1.16 bits per heavy atom. The summed E-state index contributed by atoms with van der Waals surface area (Å²) in [5.74, 6) is 0.670. The van der Waals surface area contributed by atoms with Gasteiger partial charge in [-0.3, -0.25) is 9.48 Å². The van der Waals surface area contributed by atoms with Crippen LogP contribution in [0.25, 0.3) is 22.3 Å². The van der Waals surface area contributed by atoms with Crippen molar-refractivity contribution >= 4 is 10.9 Å². The highest BCUT2D eigenvalue weighted by Gasteiger charge is 2.13. The van der Waals surface area contributed by atoms with Gasteiger partial charge in [-0.25, -0.2) is 4.98 Å². The van der Waals surface area contributed by atoms with Crippen molar-refractivity contribution in [2.24, 2.45) is 7.05 Å². The summed E-state index contributed by atoms with van der Waals surface area (Å²) in [4.78, 5) is 17.2. The monoisotopic (exact) mass is 334 g/mol. The Labute approximate surface area is 144 Å². The molecular weight excluding hydrogens is 316 g/mol. The summed E-state index contributed by atoms with van der Waals surface area (Å²) in [5, 5.41) is 9.06. The van der Waals surface area contributed by atoms with Crippen molar-refractivity contribution in [3.63, 3.8) is 0 Å². The summed E-state index contributed by atoms with van der Waals surface area (Å²) in [7, 11) is 1.79.